The molecular weight excluding hydrogens is 494 g/mol. The van der Waals surface area contributed by atoms with E-state index in [1.807, 2.05) is 36.4 Å². The van der Waals surface area contributed by atoms with E-state index in [0.29, 0.717) is 24.1 Å². The van der Waals surface area contributed by atoms with E-state index in [4.69, 9.17) is 4.99 Å². The Hall–Kier alpha value is -3.91. The van der Waals surface area contributed by atoms with Crippen molar-refractivity contribution in [2.45, 2.75) is 13.0 Å². The van der Waals surface area contributed by atoms with E-state index in [2.05, 4.69) is 30.5 Å². The number of hydrogen-bond acceptors (Lipinski definition) is 5. The topological polar surface area (TPSA) is 80.5 Å². The Bertz CT molecular complexity index is 1460. The van der Waals surface area contributed by atoms with Gasteiger partial charge in [-0.1, -0.05) is 34.1 Å². The first kappa shape index (κ1) is 20.7. The molecule has 2 aromatic carbocycles. The first-order chi connectivity index (χ1) is 16.6. The molecule has 166 valence electrons. The Morgan fingerprint density at radius 1 is 0.882 bits per heavy atom. The quantitative estimate of drug-likeness (QED) is 0.384. The molecule has 2 amide bonds. The van der Waals surface area contributed by atoms with Gasteiger partial charge in [0.05, 0.1) is 34.8 Å². The molecule has 0 unspecified atom stereocenters. The number of aromatic nitrogens is 3. The zero-order chi connectivity index (χ0) is 23.2. The predicted octanol–water partition coefficient (Wildman–Crippen LogP) is 4.22. The van der Waals surface area contributed by atoms with Crippen molar-refractivity contribution in [1.82, 2.24) is 19.4 Å². The number of fused-ring (bicyclic) bond motifs is 4. The zero-order valence-corrected chi connectivity index (χ0v) is 19.6. The number of carbonyl (C=O) groups is 2. The molecule has 0 saturated carbocycles. The highest BCUT2D eigenvalue weighted by molar-refractivity contribution is 9.10. The van der Waals surface area contributed by atoms with E-state index in [9.17, 15) is 9.59 Å². The molecule has 0 bridgehead atoms. The van der Waals surface area contributed by atoms with Gasteiger partial charge in [-0.25, -0.2) is 4.98 Å². The minimum absolute atomic E-state index is 0.249. The van der Waals surface area contributed by atoms with Gasteiger partial charge in [-0.2, -0.15) is 0 Å². The SMILES string of the molecule is O=C1c2ccccc2C(=O)N1CCc1cnc2n1-c1ccc(Br)cc1C(c1ccccn1)=NC2. The summed E-state index contributed by atoms with van der Waals surface area (Å²) in [7, 11) is 0. The van der Waals surface area contributed by atoms with Gasteiger partial charge < -0.3 is 0 Å². The summed E-state index contributed by atoms with van der Waals surface area (Å²) in [6.07, 6.45) is 4.04. The lowest BCUT2D eigenvalue weighted by Gasteiger charge is -2.17. The predicted molar refractivity (Wildman–Crippen MR) is 130 cm³/mol. The van der Waals surface area contributed by atoms with Crippen LogP contribution >= 0.6 is 15.9 Å². The molecule has 8 heteroatoms. The second-order valence-corrected chi connectivity index (χ2v) is 9.02. The van der Waals surface area contributed by atoms with E-state index in [1.165, 1.54) is 4.90 Å². The Morgan fingerprint density at radius 3 is 2.38 bits per heavy atom. The number of pyridine rings is 1. The van der Waals surface area contributed by atoms with Crippen molar-refractivity contribution in [3.63, 3.8) is 0 Å². The molecule has 0 radical (unpaired) electrons. The Morgan fingerprint density at radius 2 is 1.65 bits per heavy atom. The zero-order valence-electron chi connectivity index (χ0n) is 18.0. The van der Waals surface area contributed by atoms with Crippen molar-refractivity contribution in [3.8, 4) is 5.69 Å². The second-order valence-electron chi connectivity index (χ2n) is 8.10. The Kier molecular flexibility index (Phi) is 4.95. The highest BCUT2D eigenvalue weighted by Crippen LogP contribution is 2.29. The third-order valence-electron chi connectivity index (χ3n) is 6.12. The van der Waals surface area contributed by atoms with Gasteiger partial charge in [-0.05, 0) is 42.5 Å². The van der Waals surface area contributed by atoms with Crippen LogP contribution in [0.2, 0.25) is 0 Å². The number of imide groups is 1. The first-order valence-corrected chi connectivity index (χ1v) is 11.7. The molecule has 0 atom stereocenters. The maximum absolute atomic E-state index is 12.8. The summed E-state index contributed by atoms with van der Waals surface area (Å²) < 4.78 is 3.02. The highest BCUT2D eigenvalue weighted by Gasteiger charge is 2.35. The van der Waals surface area contributed by atoms with Gasteiger partial charge in [-0.15, -0.1) is 0 Å². The van der Waals surface area contributed by atoms with Gasteiger partial charge in [0, 0.05) is 41.1 Å². The Labute approximate surface area is 203 Å². The molecule has 4 aromatic rings. The van der Waals surface area contributed by atoms with Crippen LogP contribution in [0.1, 0.15) is 43.5 Å². The second kappa shape index (κ2) is 8.14. The summed E-state index contributed by atoms with van der Waals surface area (Å²) in [5.74, 6) is 0.300. The molecule has 0 N–H and O–H groups in total. The van der Waals surface area contributed by atoms with Crippen LogP contribution in [0.5, 0.6) is 0 Å². The fourth-order valence-corrected chi connectivity index (χ4v) is 4.89. The van der Waals surface area contributed by atoms with E-state index in [0.717, 1.165) is 38.6 Å². The van der Waals surface area contributed by atoms with Crippen molar-refractivity contribution in [2.24, 2.45) is 4.99 Å². The van der Waals surface area contributed by atoms with E-state index >= 15 is 0 Å². The number of imidazole rings is 1. The molecule has 0 fully saturated rings. The molecule has 4 heterocycles. The van der Waals surface area contributed by atoms with Crippen molar-refractivity contribution in [1.29, 1.82) is 0 Å². The minimum atomic E-state index is -0.249. The number of hydrogen-bond donors (Lipinski definition) is 0. The molecule has 34 heavy (non-hydrogen) atoms. The molecular formula is C26H18BrN5O2. The van der Waals surface area contributed by atoms with Crippen molar-refractivity contribution >= 4 is 33.5 Å². The fourth-order valence-electron chi connectivity index (χ4n) is 4.53. The van der Waals surface area contributed by atoms with Crippen LogP contribution in [-0.4, -0.2) is 43.5 Å². The largest absolute Gasteiger partial charge is 0.298 e. The summed E-state index contributed by atoms with van der Waals surface area (Å²) in [5, 5.41) is 0. The minimum Gasteiger partial charge on any atom is -0.298 e. The third-order valence-corrected chi connectivity index (χ3v) is 6.61. The molecule has 7 nitrogen and oxygen atoms in total. The molecule has 0 saturated heterocycles. The summed E-state index contributed by atoms with van der Waals surface area (Å²) >= 11 is 3.59. The molecule has 0 aliphatic carbocycles. The van der Waals surface area contributed by atoms with Gasteiger partial charge in [0.2, 0.25) is 0 Å². The van der Waals surface area contributed by atoms with E-state index in [-0.39, 0.29) is 18.4 Å². The number of halogens is 1. The van der Waals surface area contributed by atoms with Crippen molar-refractivity contribution in [3.05, 3.63) is 111 Å². The molecule has 2 aliphatic heterocycles. The average Bonchev–Trinajstić information content (AvgIpc) is 3.31. The van der Waals surface area contributed by atoms with Crippen LogP contribution in [0.4, 0.5) is 0 Å². The molecule has 0 spiro atoms. The van der Waals surface area contributed by atoms with Crippen LogP contribution in [0.3, 0.4) is 0 Å². The van der Waals surface area contributed by atoms with E-state index in [1.54, 1.807) is 36.7 Å². The van der Waals surface area contributed by atoms with Crippen LogP contribution in [0.25, 0.3) is 5.69 Å². The highest BCUT2D eigenvalue weighted by atomic mass is 79.9. The van der Waals surface area contributed by atoms with Gasteiger partial charge >= 0.3 is 0 Å². The molecule has 2 aliphatic rings. The summed E-state index contributed by atoms with van der Waals surface area (Å²) in [4.78, 5) is 40.9. The fraction of sp³-hybridized carbons (Fsp3) is 0.115. The summed E-state index contributed by atoms with van der Waals surface area (Å²) in [6.45, 7) is 0.669. The number of rotatable bonds is 4. The maximum atomic E-state index is 12.8. The van der Waals surface area contributed by atoms with Crippen LogP contribution < -0.4 is 0 Å². The van der Waals surface area contributed by atoms with E-state index < -0.39 is 0 Å². The monoisotopic (exact) mass is 511 g/mol. The lowest BCUT2D eigenvalue weighted by atomic mass is 10.0. The van der Waals surface area contributed by atoms with Gasteiger partial charge in [0.1, 0.15) is 5.82 Å². The molecule has 2 aromatic heterocycles. The lowest BCUT2D eigenvalue weighted by molar-refractivity contribution is 0.0655. The van der Waals surface area contributed by atoms with Gasteiger partial charge in [0.15, 0.2) is 0 Å². The van der Waals surface area contributed by atoms with Gasteiger partial charge in [-0.3, -0.25) is 29.0 Å². The maximum Gasteiger partial charge on any atom is 0.261 e. The summed E-state index contributed by atoms with van der Waals surface area (Å²) in [5.41, 5.74) is 5.30. The normalized spacial score (nSPS) is 14.4. The smallest absolute Gasteiger partial charge is 0.261 e. The standard InChI is InChI=1S/C26H18BrN5O2/c27-16-8-9-22-20(13-16)24(21-7-3-4-11-28-21)30-15-23-29-14-17(32(22)23)10-12-31-25(33)18-5-1-2-6-19(18)26(31)34/h1-9,11,13-14H,10,12,15H2. The summed E-state index contributed by atoms with van der Waals surface area (Å²) in [6, 6.07) is 18.8. The van der Waals surface area contributed by atoms with Crippen LogP contribution in [0, 0.1) is 0 Å². The van der Waals surface area contributed by atoms with Gasteiger partial charge in [0.25, 0.3) is 11.8 Å². The number of carbonyl (C=O) groups excluding carboxylic acids is 2. The third kappa shape index (κ3) is 3.30. The van der Waals surface area contributed by atoms with Crippen molar-refractivity contribution in [2.75, 3.05) is 6.54 Å². The Balaban J connectivity index is 1.36. The number of amides is 2. The van der Waals surface area contributed by atoms with Crippen LogP contribution in [-0.2, 0) is 13.0 Å². The molecule has 6 rings (SSSR count). The number of benzene rings is 2. The first-order valence-electron chi connectivity index (χ1n) is 10.9. The average molecular weight is 512 g/mol. The van der Waals surface area contributed by atoms with Crippen molar-refractivity contribution < 1.29 is 9.59 Å². The lowest BCUT2D eigenvalue weighted by Crippen LogP contribution is -2.32. The van der Waals surface area contributed by atoms with Crippen LogP contribution in [0.15, 0.2) is 82.5 Å². The number of nitrogens with zero attached hydrogens (tertiary/aromatic N) is 5. The number of aliphatic imine (C=N–C) groups is 1.